The molecule has 0 aliphatic heterocycles. The smallest absolute Gasteiger partial charge is 0.228 e. The van der Waals surface area contributed by atoms with Crippen LogP contribution in [0.5, 0.6) is 0 Å². The summed E-state index contributed by atoms with van der Waals surface area (Å²) in [4.78, 5) is 5.52. The molecule has 0 saturated carbocycles. The van der Waals surface area contributed by atoms with Gasteiger partial charge in [0.25, 0.3) is 0 Å². The second-order valence-corrected chi connectivity index (χ2v) is 6.18. The minimum absolute atomic E-state index is 0.0902. The Balaban J connectivity index is 1.88. The molecule has 0 saturated heterocycles. The largest absolute Gasteiger partial charge is 0.339 e. The highest BCUT2D eigenvalue weighted by atomic mass is 79.9. The molecule has 0 aliphatic carbocycles. The molecule has 4 nitrogen and oxygen atoms in total. The second kappa shape index (κ2) is 7.07. The van der Waals surface area contributed by atoms with Crippen molar-refractivity contribution in [1.29, 1.82) is 0 Å². The summed E-state index contributed by atoms with van der Waals surface area (Å²) in [6, 6.07) is 8.24. The predicted octanol–water partition coefficient (Wildman–Crippen LogP) is 3.40. The third kappa shape index (κ3) is 4.63. The number of hydrogen-bond acceptors (Lipinski definition) is 5. The Morgan fingerprint density at radius 2 is 2.11 bits per heavy atom. The Morgan fingerprint density at radius 1 is 1.37 bits per heavy atom. The molecular weight excluding hydrogens is 326 g/mol. The normalized spacial score (nSPS) is 12.6. The Morgan fingerprint density at radius 3 is 2.79 bits per heavy atom. The lowest BCUT2D eigenvalue weighted by atomic mass is 10.2. The van der Waals surface area contributed by atoms with E-state index >= 15 is 0 Å². The number of nitrogens with two attached hydrogens (primary N) is 1. The maximum atomic E-state index is 5.86. The SMILES string of the molecule is CCC(N)Cc1nc(CSc2ccc(Br)cc2)no1. The molecule has 102 valence electrons. The summed E-state index contributed by atoms with van der Waals surface area (Å²) in [5.41, 5.74) is 5.86. The molecule has 0 fully saturated rings. The number of nitrogens with zero attached hydrogens (tertiary/aromatic N) is 2. The van der Waals surface area contributed by atoms with E-state index in [9.17, 15) is 0 Å². The maximum absolute atomic E-state index is 5.86. The number of thioether (sulfide) groups is 1. The molecule has 0 bridgehead atoms. The summed E-state index contributed by atoms with van der Waals surface area (Å²) in [5, 5.41) is 3.96. The van der Waals surface area contributed by atoms with Gasteiger partial charge < -0.3 is 10.3 Å². The lowest BCUT2D eigenvalue weighted by Gasteiger charge is -2.02. The molecule has 6 heteroatoms. The molecule has 2 N–H and O–H groups in total. The van der Waals surface area contributed by atoms with Crippen molar-refractivity contribution in [3.05, 3.63) is 40.5 Å². The standard InChI is InChI=1S/C13H16BrN3OS/c1-2-10(15)7-13-16-12(17-18-13)8-19-11-5-3-9(14)4-6-11/h3-6,10H,2,7-8,15H2,1H3. The summed E-state index contributed by atoms with van der Waals surface area (Å²) < 4.78 is 6.26. The summed E-state index contributed by atoms with van der Waals surface area (Å²) in [7, 11) is 0. The number of aromatic nitrogens is 2. The molecule has 0 aliphatic rings. The molecule has 1 atom stereocenters. The van der Waals surface area contributed by atoms with Gasteiger partial charge in [0, 0.05) is 21.8 Å². The van der Waals surface area contributed by atoms with E-state index in [4.69, 9.17) is 10.3 Å². The van der Waals surface area contributed by atoms with Gasteiger partial charge in [-0.3, -0.25) is 0 Å². The minimum atomic E-state index is 0.0902. The van der Waals surface area contributed by atoms with Crippen molar-refractivity contribution < 1.29 is 4.52 Å². The van der Waals surface area contributed by atoms with Crippen LogP contribution >= 0.6 is 27.7 Å². The van der Waals surface area contributed by atoms with Gasteiger partial charge in [0.05, 0.1) is 5.75 Å². The average molecular weight is 342 g/mol. The first kappa shape index (κ1) is 14.6. The van der Waals surface area contributed by atoms with Crippen molar-refractivity contribution in [1.82, 2.24) is 10.1 Å². The van der Waals surface area contributed by atoms with E-state index in [-0.39, 0.29) is 6.04 Å². The third-order valence-electron chi connectivity index (χ3n) is 2.65. The molecule has 1 heterocycles. The monoisotopic (exact) mass is 341 g/mol. The topological polar surface area (TPSA) is 64.9 Å². The molecule has 19 heavy (non-hydrogen) atoms. The van der Waals surface area contributed by atoms with Gasteiger partial charge >= 0.3 is 0 Å². The van der Waals surface area contributed by atoms with Crippen molar-refractivity contribution in [2.45, 2.75) is 36.5 Å². The van der Waals surface area contributed by atoms with E-state index in [1.165, 1.54) is 4.90 Å². The second-order valence-electron chi connectivity index (χ2n) is 4.22. The van der Waals surface area contributed by atoms with Crippen LogP contribution in [-0.2, 0) is 12.2 Å². The summed E-state index contributed by atoms with van der Waals surface area (Å²) in [6.45, 7) is 2.05. The fourth-order valence-electron chi connectivity index (χ4n) is 1.48. The van der Waals surface area contributed by atoms with Gasteiger partial charge in [0.15, 0.2) is 5.82 Å². The molecule has 1 unspecified atom stereocenters. The first-order valence-electron chi connectivity index (χ1n) is 6.12. The van der Waals surface area contributed by atoms with Crippen LogP contribution in [0, 0.1) is 0 Å². The fourth-order valence-corrected chi connectivity index (χ4v) is 2.48. The first-order chi connectivity index (χ1) is 9.17. The Bertz CT molecular complexity index is 515. The molecule has 0 radical (unpaired) electrons. The molecule has 2 rings (SSSR count). The van der Waals surface area contributed by atoms with E-state index in [1.807, 2.05) is 19.1 Å². The van der Waals surface area contributed by atoms with Gasteiger partial charge in [-0.2, -0.15) is 4.98 Å². The van der Waals surface area contributed by atoms with E-state index in [2.05, 4.69) is 38.2 Å². The van der Waals surface area contributed by atoms with Crippen LogP contribution in [0.3, 0.4) is 0 Å². The van der Waals surface area contributed by atoms with Gasteiger partial charge in [0.1, 0.15) is 0 Å². The van der Waals surface area contributed by atoms with Crippen LogP contribution in [0.25, 0.3) is 0 Å². The van der Waals surface area contributed by atoms with Crippen LogP contribution in [0.1, 0.15) is 25.1 Å². The average Bonchev–Trinajstić information content (AvgIpc) is 2.85. The van der Waals surface area contributed by atoms with Crippen molar-refractivity contribution in [3.63, 3.8) is 0 Å². The molecule has 1 aromatic carbocycles. The van der Waals surface area contributed by atoms with Crippen LogP contribution in [0.2, 0.25) is 0 Å². The molecule has 0 spiro atoms. The fraction of sp³-hybridized carbons (Fsp3) is 0.385. The minimum Gasteiger partial charge on any atom is -0.339 e. The van der Waals surface area contributed by atoms with Gasteiger partial charge in [0.2, 0.25) is 5.89 Å². The highest BCUT2D eigenvalue weighted by Gasteiger charge is 2.10. The van der Waals surface area contributed by atoms with E-state index in [0.29, 0.717) is 23.9 Å². The lowest BCUT2D eigenvalue weighted by molar-refractivity contribution is 0.364. The zero-order valence-corrected chi connectivity index (χ0v) is 13.1. The number of halogens is 1. The van der Waals surface area contributed by atoms with Gasteiger partial charge in [-0.15, -0.1) is 11.8 Å². The Hall–Kier alpha value is -0.850. The van der Waals surface area contributed by atoms with Crippen molar-refractivity contribution in [3.8, 4) is 0 Å². The zero-order chi connectivity index (χ0) is 13.7. The van der Waals surface area contributed by atoms with Crippen molar-refractivity contribution in [2.24, 2.45) is 5.73 Å². The molecule has 2 aromatic rings. The van der Waals surface area contributed by atoms with Crippen LogP contribution in [-0.4, -0.2) is 16.2 Å². The van der Waals surface area contributed by atoms with Crippen LogP contribution in [0.15, 0.2) is 38.2 Å². The van der Waals surface area contributed by atoms with E-state index < -0.39 is 0 Å². The quantitative estimate of drug-likeness (QED) is 0.815. The highest BCUT2D eigenvalue weighted by Crippen LogP contribution is 2.23. The lowest BCUT2D eigenvalue weighted by Crippen LogP contribution is -2.21. The summed E-state index contributed by atoms with van der Waals surface area (Å²) in [5.74, 6) is 2.04. The zero-order valence-electron chi connectivity index (χ0n) is 10.7. The van der Waals surface area contributed by atoms with E-state index in [1.54, 1.807) is 11.8 Å². The Kier molecular flexibility index (Phi) is 5.42. The van der Waals surface area contributed by atoms with Gasteiger partial charge in [-0.1, -0.05) is 28.0 Å². The predicted molar refractivity (Wildman–Crippen MR) is 80.0 cm³/mol. The molecule has 0 amide bonds. The number of hydrogen-bond donors (Lipinski definition) is 1. The third-order valence-corrected chi connectivity index (χ3v) is 4.19. The molecular formula is C13H16BrN3OS. The van der Waals surface area contributed by atoms with Crippen LogP contribution in [0.4, 0.5) is 0 Å². The summed E-state index contributed by atoms with van der Waals surface area (Å²) >= 11 is 5.10. The number of benzene rings is 1. The molecule has 1 aromatic heterocycles. The summed E-state index contributed by atoms with van der Waals surface area (Å²) in [6.07, 6.45) is 1.55. The van der Waals surface area contributed by atoms with Gasteiger partial charge in [-0.25, -0.2) is 0 Å². The Labute approximate surface area is 125 Å². The van der Waals surface area contributed by atoms with Gasteiger partial charge in [-0.05, 0) is 30.7 Å². The van der Waals surface area contributed by atoms with Crippen molar-refractivity contribution in [2.75, 3.05) is 0 Å². The number of rotatable bonds is 6. The van der Waals surface area contributed by atoms with Crippen LogP contribution < -0.4 is 5.73 Å². The van der Waals surface area contributed by atoms with Crippen molar-refractivity contribution >= 4 is 27.7 Å². The first-order valence-corrected chi connectivity index (χ1v) is 7.90. The highest BCUT2D eigenvalue weighted by molar-refractivity contribution is 9.10. The maximum Gasteiger partial charge on any atom is 0.228 e. The van der Waals surface area contributed by atoms with E-state index in [0.717, 1.165) is 10.9 Å².